The van der Waals surface area contributed by atoms with Gasteiger partial charge in [0.1, 0.15) is 0 Å². The first-order valence-corrected chi connectivity index (χ1v) is 5.97. The van der Waals surface area contributed by atoms with Crippen LogP contribution in [-0.2, 0) is 0 Å². The van der Waals surface area contributed by atoms with E-state index in [-0.39, 0.29) is 5.28 Å². The summed E-state index contributed by atoms with van der Waals surface area (Å²) in [5, 5.41) is 1.34. The quantitative estimate of drug-likeness (QED) is 0.623. The van der Waals surface area contributed by atoms with E-state index in [1.807, 2.05) is 37.3 Å². The zero-order chi connectivity index (χ0) is 12.5. The molecule has 3 rings (SSSR count). The molecule has 2 aromatic heterocycles. The third-order valence-electron chi connectivity index (χ3n) is 2.82. The van der Waals surface area contributed by atoms with Gasteiger partial charge in [0.2, 0.25) is 5.28 Å². The molecule has 0 radical (unpaired) electrons. The first-order chi connectivity index (χ1) is 8.74. The molecule has 3 nitrogen and oxygen atoms in total. The monoisotopic (exact) mass is 255 g/mol. The summed E-state index contributed by atoms with van der Waals surface area (Å²) in [4.78, 5) is 12.7. The number of halogens is 1. The number of aromatic nitrogens is 3. The predicted octanol–water partition coefficient (Wildman–Crippen LogP) is 3.65. The number of para-hydroxylation sites is 1. The molecule has 0 unspecified atom stereocenters. The second kappa shape index (κ2) is 4.35. The summed E-state index contributed by atoms with van der Waals surface area (Å²) in [5.41, 5.74) is 3.70. The van der Waals surface area contributed by atoms with Gasteiger partial charge in [0.05, 0.1) is 11.2 Å². The van der Waals surface area contributed by atoms with Crippen molar-refractivity contribution < 1.29 is 0 Å². The minimum Gasteiger partial charge on any atom is -0.252 e. The smallest absolute Gasteiger partial charge is 0.222 e. The third kappa shape index (κ3) is 1.93. The molecule has 0 atom stereocenters. The number of hydrogen-bond acceptors (Lipinski definition) is 3. The van der Waals surface area contributed by atoms with E-state index in [9.17, 15) is 0 Å². The highest BCUT2D eigenvalue weighted by Crippen LogP contribution is 2.24. The van der Waals surface area contributed by atoms with Crippen molar-refractivity contribution in [2.75, 3.05) is 0 Å². The van der Waals surface area contributed by atoms with Crippen LogP contribution in [0.25, 0.3) is 22.2 Å². The lowest BCUT2D eigenvalue weighted by atomic mass is 10.1. The van der Waals surface area contributed by atoms with Crippen LogP contribution in [0.1, 0.15) is 5.69 Å². The van der Waals surface area contributed by atoms with Crippen LogP contribution in [0.2, 0.25) is 5.28 Å². The molecule has 0 aliphatic rings. The Morgan fingerprint density at radius 2 is 1.89 bits per heavy atom. The van der Waals surface area contributed by atoms with Crippen molar-refractivity contribution in [1.82, 2.24) is 15.0 Å². The van der Waals surface area contributed by atoms with Crippen molar-refractivity contribution >= 4 is 22.5 Å². The Morgan fingerprint density at radius 1 is 1.06 bits per heavy atom. The van der Waals surface area contributed by atoms with Crippen LogP contribution in [0.5, 0.6) is 0 Å². The molecule has 4 heteroatoms. The van der Waals surface area contributed by atoms with Crippen LogP contribution in [0.3, 0.4) is 0 Å². The van der Waals surface area contributed by atoms with E-state index in [2.05, 4.69) is 21.0 Å². The van der Waals surface area contributed by atoms with Crippen LogP contribution >= 0.6 is 11.6 Å². The normalized spacial score (nSPS) is 10.8. The van der Waals surface area contributed by atoms with Gasteiger partial charge in [-0.3, -0.25) is 4.98 Å². The highest BCUT2D eigenvalue weighted by Gasteiger charge is 2.07. The predicted molar refractivity (Wildman–Crippen MR) is 72.5 cm³/mol. The van der Waals surface area contributed by atoms with Gasteiger partial charge in [0.15, 0.2) is 0 Å². The van der Waals surface area contributed by atoms with Crippen molar-refractivity contribution in [1.29, 1.82) is 0 Å². The fourth-order valence-corrected chi connectivity index (χ4v) is 2.10. The Bertz CT molecular complexity index is 725. The molecule has 1 aromatic carbocycles. The van der Waals surface area contributed by atoms with Gasteiger partial charge < -0.3 is 0 Å². The number of nitrogens with zero attached hydrogens (tertiary/aromatic N) is 3. The fourth-order valence-electron chi connectivity index (χ4n) is 1.96. The van der Waals surface area contributed by atoms with Crippen LogP contribution in [0.15, 0.2) is 42.6 Å². The maximum absolute atomic E-state index is 5.82. The molecule has 0 saturated carbocycles. The summed E-state index contributed by atoms with van der Waals surface area (Å²) in [6.07, 6.45) is 1.65. The average Bonchev–Trinajstić information content (AvgIpc) is 2.38. The molecule has 0 fully saturated rings. The van der Waals surface area contributed by atoms with E-state index in [0.717, 1.165) is 27.9 Å². The number of fused-ring (bicyclic) bond motifs is 1. The summed E-state index contributed by atoms with van der Waals surface area (Å²) in [6, 6.07) is 11.9. The first kappa shape index (κ1) is 11.1. The van der Waals surface area contributed by atoms with Gasteiger partial charge in [0.25, 0.3) is 0 Å². The van der Waals surface area contributed by atoms with Crippen LogP contribution < -0.4 is 0 Å². The highest BCUT2D eigenvalue weighted by atomic mass is 35.5. The fraction of sp³-hybridized carbons (Fsp3) is 0.0714. The SMILES string of the molecule is Cc1nc2ccccc2cc1-c1ccnc(Cl)n1. The van der Waals surface area contributed by atoms with E-state index in [0.29, 0.717) is 0 Å². The summed E-state index contributed by atoms with van der Waals surface area (Å²) in [7, 11) is 0. The van der Waals surface area contributed by atoms with Crippen molar-refractivity contribution in [2.24, 2.45) is 0 Å². The van der Waals surface area contributed by atoms with E-state index >= 15 is 0 Å². The second-order valence-electron chi connectivity index (χ2n) is 4.02. The Hall–Kier alpha value is -2.00. The lowest BCUT2D eigenvalue weighted by molar-refractivity contribution is 1.16. The van der Waals surface area contributed by atoms with E-state index in [1.54, 1.807) is 6.20 Å². The number of aryl methyl sites for hydroxylation is 1. The maximum atomic E-state index is 5.82. The molecule has 0 bridgehead atoms. The molecule has 0 saturated heterocycles. The zero-order valence-corrected chi connectivity index (χ0v) is 10.5. The highest BCUT2D eigenvalue weighted by molar-refractivity contribution is 6.28. The standard InChI is InChI=1S/C14H10ClN3/c1-9-11(13-6-7-16-14(15)18-13)8-10-4-2-3-5-12(10)17-9/h2-8H,1H3. The second-order valence-corrected chi connectivity index (χ2v) is 4.36. The van der Waals surface area contributed by atoms with Gasteiger partial charge in [0, 0.05) is 22.8 Å². The van der Waals surface area contributed by atoms with Crippen molar-refractivity contribution in [3.8, 4) is 11.3 Å². The van der Waals surface area contributed by atoms with Crippen molar-refractivity contribution in [3.05, 3.63) is 53.6 Å². The number of hydrogen-bond donors (Lipinski definition) is 0. The van der Waals surface area contributed by atoms with Gasteiger partial charge >= 0.3 is 0 Å². The maximum Gasteiger partial charge on any atom is 0.222 e. The lowest BCUT2D eigenvalue weighted by Gasteiger charge is -2.06. The van der Waals surface area contributed by atoms with Crippen LogP contribution in [-0.4, -0.2) is 15.0 Å². The van der Waals surface area contributed by atoms with Crippen LogP contribution in [0.4, 0.5) is 0 Å². The molecule has 0 aliphatic carbocycles. The largest absolute Gasteiger partial charge is 0.252 e. The number of rotatable bonds is 1. The number of pyridine rings is 1. The molecule has 2 heterocycles. The average molecular weight is 256 g/mol. The lowest BCUT2D eigenvalue weighted by Crippen LogP contribution is -1.92. The molecular weight excluding hydrogens is 246 g/mol. The van der Waals surface area contributed by atoms with E-state index in [4.69, 9.17) is 11.6 Å². The molecular formula is C14H10ClN3. The third-order valence-corrected chi connectivity index (χ3v) is 3.00. The van der Waals surface area contributed by atoms with Crippen molar-refractivity contribution in [2.45, 2.75) is 6.92 Å². The van der Waals surface area contributed by atoms with Crippen molar-refractivity contribution in [3.63, 3.8) is 0 Å². The van der Waals surface area contributed by atoms with Gasteiger partial charge in [-0.2, -0.15) is 0 Å². The van der Waals surface area contributed by atoms with Gasteiger partial charge in [-0.05, 0) is 36.7 Å². The summed E-state index contributed by atoms with van der Waals surface area (Å²) >= 11 is 5.82. The molecule has 0 N–H and O–H groups in total. The Balaban J connectivity index is 2.26. The Labute approximate surface area is 109 Å². The molecule has 3 aromatic rings. The molecule has 0 amide bonds. The molecule has 88 valence electrons. The Kier molecular flexibility index (Phi) is 2.68. The van der Waals surface area contributed by atoms with E-state index < -0.39 is 0 Å². The van der Waals surface area contributed by atoms with Crippen LogP contribution in [0, 0.1) is 6.92 Å². The summed E-state index contributed by atoms with van der Waals surface area (Å²) in [6.45, 7) is 1.97. The molecule has 0 aliphatic heterocycles. The first-order valence-electron chi connectivity index (χ1n) is 5.59. The minimum atomic E-state index is 0.250. The molecule has 18 heavy (non-hydrogen) atoms. The summed E-state index contributed by atoms with van der Waals surface area (Å²) in [5.74, 6) is 0. The zero-order valence-electron chi connectivity index (χ0n) is 9.76. The van der Waals surface area contributed by atoms with E-state index in [1.165, 1.54) is 0 Å². The van der Waals surface area contributed by atoms with Gasteiger partial charge in [-0.25, -0.2) is 9.97 Å². The Morgan fingerprint density at radius 3 is 2.72 bits per heavy atom. The summed E-state index contributed by atoms with van der Waals surface area (Å²) < 4.78 is 0. The van der Waals surface area contributed by atoms with Gasteiger partial charge in [-0.15, -0.1) is 0 Å². The number of benzene rings is 1. The topological polar surface area (TPSA) is 38.7 Å². The van der Waals surface area contributed by atoms with Gasteiger partial charge in [-0.1, -0.05) is 18.2 Å². The minimum absolute atomic E-state index is 0.250. The molecule has 0 spiro atoms.